The molecular weight excluding hydrogens is 408 g/mol. The summed E-state index contributed by atoms with van der Waals surface area (Å²) in [6.07, 6.45) is 1.71. The molecule has 7 nitrogen and oxygen atoms in total. The smallest absolute Gasteiger partial charge is 0.271 e. The maximum atomic E-state index is 13.1. The van der Waals surface area contributed by atoms with Gasteiger partial charge in [-0.25, -0.2) is 4.98 Å². The van der Waals surface area contributed by atoms with Crippen LogP contribution in [0.4, 0.5) is 0 Å². The minimum Gasteiger partial charge on any atom is -0.291 e. The van der Waals surface area contributed by atoms with Crippen molar-refractivity contribution < 1.29 is 0 Å². The van der Waals surface area contributed by atoms with Gasteiger partial charge in [0.2, 0.25) is 5.82 Å². The lowest BCUT2D eigenvalue weighted by Crippen LogP contribution is -2.25. The number of benzene rings is 2. The van der Waals surface area contributed by atoms with E-state index in [1.165, 1.54) is 11.3 Å². The number of H-pyrrole nitrogens is 1. The van der Waals surface area contributed by atoms with Crippen LogP contribution < -0.4 is 5.56 Å². The summed E-state index contributed by atoms with van der Waals surface area (Å²) in [6, 6.07) is 18.1. The van der Waals surface area contributed by atoms with Crippen LogP contribution >= 0.6 is 11.3 Å². The van der Waals surface area contributed by atoms with E-state index in [0.29, 0.717) is 17.1 Å². The van der Waals surface area contributed by atoms with Crippen LogP contribution in [0, 0.1) is 0 Å². The molecule has 0 unspecified atom stereocenters. The second-order valence-corrected chi connectivity index (χ2v) is 8.20. The molecule has 0 saturated carbocycles. The van der Waals surface area contributed by atoms with E-state index >= 15 is 0 Å². The van der Waals surface area contributed by atoms with E-state index in [-0.39, 0.29) is 5.56 Å². The number of nitrogens with zero attached hydrogens (tertiary/aromatic N) is 5. The van der Waals surface area contributed by atoms with Gasteiger partial charge in [0.1, 0.15) is 10.5 Å². The van der Waals surface area contributed by atoms with Crippen LogP contribution in [0.2, 0.25) is 0 Å². The monoisotopic (exact) mass is 428 g/mol. The van der Waals surface area contributed by atoms with E-state index in [1.807, 2.05) is 40.3 Å². The van der Waals surface area contributed by atoms with Gasteiger partial charge in [0.15, 0.2) is 0 Å². The highest BCUT2D eigenvalue weighted by Crippen LogP contribution is 2.29. The fourth-order valence-corrected chi connectivity index (χ4v) is 4.52. The highest BCUT2D eigenvalue weighted by Gasteiger charge is 2.13. The van der Waals surface area contributed by atoms with Crippen LogP contribution in [0.1, 0.15) is 24.7 Å². The van der Waals surface area contributed by atoms with Gasteiger partial charge < -0.3 is 0 Å². The topological polar surface area (TPSA) is 89.4 Å². The Morgan fingerprint density at radius 2 is 1.84 bits per heavy atom. The molecular formula is C23H20N6OS. The van der Waals surface area contributed by atoms with E-state index in [4.69, 9.17) is 4.98 Å². The summed E-state index contributed by atoms with van der Waals surface area (Å²) >= 11 is 1.45. The Bertz CT molecular complexity index is 1390. The van der Waals surface area contributed by atoms with Crippen molar-refractivity contribution in [2.24, 2.45) is 0 Å². The molecule has 0 amide bonds. The summed E-state index contributed by atoms with van der Waals surface area (Å²) in [4.78, 5) is 17.8. The molecule has 0 saturated heterocycles. The molecule has 0 aliphatic rings. The number of aryl methyl sites for hydroxylation is 1. The zero-order valence-electron chi connectivity index (χ0n) is 16.9. The first-order valence-corrected chi connectivity index (χ1v) is 11.0. The van der Waals surface area contributed by atoms with Gasteiger partial charge in [-0.1, -0.05) is 55.5 Å². The standard InChI is InChI=1S/C23H20N6OS/c1-2-5-20-24-19-12-13-31-21(19)23(30)29(20)14-15-8-10-16(11-9-15)17-6-3-4-7-18(17)22-25-27-28-26-22/h3-4,6-13H,2,5,14H2,1H3,(H,25,26,27,28). The van der Waals surface area contributed by atoms with Gasteiger partial charge in [-0.05, 0) is 39.8 Å². The fourth-order valence-electron chi connectivity index (χ4n) is 3.75. The molecule has 8 heteroatoms. The van der Waals surface area contributed by atoms with Gasteiger partial charge in [0.25, 0.3) is 5.56 Å². The molecule has 31 heavy (non-hydrogen) atoms. The van der Waals surface area contributed by atoms with Crippen molar-refractivity contribution in [3.05, 3.63) is 81.7 Å². The maximum Gasteiger partial charge on any atom is 0.271 e. The SMILES string of the molecule is CCCc1nc2ccsc2c(=O)n1Cc1ccc(-c2ccccc2-c2nn[nH]n2)cc1. The Hall–Kier alpha value is -3.65. The molecule has 5 rings (SSSR count). The number of nitrogens with one attached hydrogen (secondary N) is 1. The lowest BCUT2D eigenvalue weighted by atomic mass is 9.98. The highest BCUT2D eigenvalue weighted by molar-refractivity contribution is 7.17. The molecule has 0 spiro atoms. The second kappa shape index (κ2) is 8.23. The van der Waals surface area contributed by atoms with Crippen molar-refractivity contribution in [3.8, 4) is 22.5 Å². The van der Waals surface area contributed by atoms with Crippen molar-refractivity contribution in [1.29, 1.82) is 0 Å². The summed E-state index contributed by atoms with van der Waals surface area (Å²) in [5, 5.41) is 16.3. The minimum atomic E-state index is 0.0370. The van der Waals surface area contributed by atoms with Gasteiger partial charge >= 0.3 is 0 Å². The number of aromatic amines is 1. The fraction of sp³-hybridized carbons (Fsp3) is 0.174. The third-order valence-corrected chi connectivity index (χ3v) is 6.13. The summed E-state index contributed by atoms with van der Waals surface area (Å²) in [7, 11) is 0. The number of thiophene rings is 1. The summed E-state index contributed by atoms with van der Waals surface area (Å²) in [5.74, 6) is 1.40. The van der Waals surface area contributed by atoms with Crippen LogP contribution in [0.3, 0.4) is 0 Å². The van der Waals surface area contributed by atoms with E-state index in [1.54, 1.807) is 0 Å². The summed E-state index contributed by atoms with van der Waals surface area (Å²) in [6.45, 7) is 2.60. The van der Waals surface area contributed by atoms with E-state index in [2.05, 4.69) is 51.8 Å². The molecule has 3 aromatic heterocycles. The third-order valence-electron chi connectivity index (χ3n) is 5.24. The van der Waals surface area contributed by atoms with Gasteiger partial charge in [-0.3, -0.25) is 9.36 Å². The van der Waals surface area contributed by atoms with E-state index in [9.17, 15) is 4.79 Å². The molecule has 5 aromatic rings. The molecule has 0 atom stereocenters. The number of hydrogen-bond donors (Lipinski definition) is 1. The summed E-state index contributed by atoms with van der Waals surface area (Å²) < 4.78 is 2.52. The molecule has 0 radical (unpaired) electrons. The number of rotatable bonds is 6. The Morgan fingerprint density at radius 1 is 1.03 bits per heavy atom. The lowest BCUT2D eigenvalue weighted by molar-refractivity contribution is 0.666. The first kappa shape index (κ1) is 19.3. The Labute approximate surface area is 182 Å². The Morgan fingerprint density at radius 3 is 2.58 bits per heavy atom. The minimum absolute atomic E-state index is 0.0370. The Kier molecular flexibility index (Phi) is 5.13. The second-order valence-electron chi connectivity index (χ2n) is 7.28. The molecule has 154 valence electrons. The predicted octanol–water partition coefficient (Wildman–Crippen LogP) is 4.31. The van der Waals surface area contributed by atoms with E-state index < -0.39 is 0 Å². The normalized spacial score (nSPS) is 11.3. The first-order valence-electron chi connectivity index (χ1n) is 10.1. The number of fused-ring (bicyclic) bond motifs is 1. The average Bonchev–Trinajstić information content (AvgIpc) is 3.49. The van der Waals surface area contributed by atoms with Crippen molar-refractivity contribution in [1.82, 2.24) is 30.2 Å². The maximum absolute atomic E-state index is 13.1. The quantitative estimate of drug-likeness (QED) is 0.435. The molecule has 3 heterocycles. The summed E-state index contributed by atoms with van der Waals surface area (Å²) in [5.41, 5.74) is 4.88. The van der Waals surface area contributed by atoms with Crippen LogP contribution in [0.5, 0.6) is 0 Å². The number of aromatic nitrogens is 6. The zero-order chi connectivity index (χ0) is 21.2. The van der Waals surface area contributed by atoms with Crippen molar-refractivity contribution >= 4 is 21.6 Å². The van der Waals surface area contributed by atoms with Gasteiger partial charge in [-0.2, -0.15) is 5.21 Å². The molecule has 1 N–H and O–H groups in total. The molecule has 0 bridgehead atoms. The Balaban J connectivity index is 1.50. The highest BCUT2D eigenvalue weighted by atomic mass is 32.1. The molecule has 0 aliphatic carbocycles. The van der Waals surface area contributed by atoms with Crippen molar-refractivity contribution in [3.63, 3.8) is 0 Å². The zero-order valence-corrected chi connectivity index (χ0v) is 17.8. The molecule has 2 aromatic carbocycles. The predicted molar refractivity (Wildman–Crippen MR) is 122 cm³/mol. The lowest BCUT2D eigenvalue weighted by Gasteiger charge is -2.13. The average molecular weight is 429 g/mol. The van der Waals surface area contributed by atoms with Crippen molar-refractivity contribution in [2.75, 3.05) is 0 Å². The van der Waals surface area contributed by atoms with Crippen LogP contribution in [-0.2, 0) is 13.0 Å². The van der Waals surface area contributed by atoms with Gasteiger partial charge in [0.05, 0.1) is 12.1 Å². The largest absolute Gasteiger partial charge is 0.291 e. The number of tetrazole rings is 1. The van der Waals surface area contributed by atoms with Crippen LogP contribution in [0.15, 0.2) is 64.8 Å². The van der Waals surface area contributed by atoms with Crippen molar-refractivity contribution in [2.45, 2.75) is 26.3 Å². The molecule has 0 fully saturated rings. The van der Waals surface area contributed by atoms with E-state index in [0.717, 1.165) is 46.4 Å². The van der Waals surface area contributed by atoms with Gasteiger partial charge in [0, 0.05) is 12.0 Å². The molecule has 0 aliphatic heterocycles. The number of hydrogen-bond acceptors (Lipinski definition) is 6. The first-order chi connectivity index (χ1) is 15.2. The third kappa shape index (κ3) is 3.66. The van der Waals surface area contributed by atoms with Gasteiger partial charge in [-0.15, -0.1) is 21.5 Å². The van der Waals surface area contributed by atoms with Crippen LogP contribution in [0.25, 0.3) is 32.7 Å². The van der Waals surface area contributed by atoms with Crippen LogP contribution in [-0.4, -0.2) is 30.2 Å².